The molecule has 0 atom stereocenters. The molecule has 4 heteroatoms. The van der Waals surface area contributed by atoms with Crippen LogP contribution in [0.4, 0.5) is 0 Å². The largest absolute Gasteiger partial charge is 0.477 e. The van der Waals surface area contributed by atoms with Crippen LogP contribution < -0.4 is 0 Å². The third-order valence-corrected chi connectivity index (χ3v) is 0.123. The topological polar surface area (TPSA) is 61.2 Å². The van der Waals surface area contributed by atoms with Gasteiger partial charge in [-0.3, -0.25) is 0 Å². The van der Waals surface area contributed by atoms with E-state index >= 15 is 0 Å². The standard InChI is InChI=1S/C2H3NO2.Ni/c3-1-2(4)5;/h1,3H,(H,4,5);. The Morgan fingerprint density at radius 3 is 2.00 bits per heavy atom. The molecule has 3 nitrogen and oxygen atoms in total. The number of carboxylic acid groups (broad SMARTS) is 1. The van der Waals surface area contributed by atoms with Crippen LogP contribution in [0.1, 0.15) is 0 Å². The van der Waals surface area contributed by atoms with Crippen LogP contribution in [0.25, 0.3) is 0 Å². The number of hydrogen-bond donors (Lipinski definition) is 2. The van der Waals surface area contributed by atoms with Crippen molar-refractivity contribution in [1.29, 1.82) is 5.41 Å². The Kier molecular flexibility index (Phi) is 7.07. The van der Waals surface area contributed by atoms with Crippen LogP contribution in [-0.2, 0) is 21.3 Å². The van der Waals surface area contributed by atoms with Crippen LogP contribution >= 0.6 is 0 Å². The number of carbonyl (C=O) groups is 1. The van der Waals surface area contributed by atoms with Crippen molar-refractivity contribution in [3.8, 4) is 0 Å². The van der Waals surface area contributed by atoms with E-state index in [2.05, 4.69) is 0 Å². The first kappa shape index (κ1) is 9.16. The molecule has 0 radical (unpaired) electrons. The first-order valence-electron chi connectivity index (χ1n) is 1.01. The van der Waals surface area contributed by atoms with Gasteiger partial charge in [0.15, 0.2) is 0 Å². The molecule has 0 amide bonds. The van der Waals surface area contributed by atoms with E-state index in [9.17, 15) is 0 Å². The third kappa shape index (κ3) is 9.44. The second-order valence-electron chi connectivity index (χ2n) is 0.483. The summed E-state index contributed by atoms with van der Waals surface area (Å²) in [4.78, 5) is 9.12. The molecule has 2 N–H and O–H groups in total. The van der Waals surface area contributed by atoms with Gasteiger partial charge in [-0.25, -0.2) is 4.79 Å². The summed E-state index contributed by atoms with van der Waals surface area (Å²) in [5, 5.41) is 13.4. The molecule has 0 heterocycles. The van der Waals surface area contributed by atoms with Gasteiger partial charge in [-0.1, -0.05) is 0 Å². The summed E-state index contributed by atoms with van der Waals surface area (Å²) < 4.78 is 0. The predicted molar refractivity (Wildman–Crippen MR) is 16.4 cm³/mol. The van der Waals surface area contributed by atoms with Crippen LogP contribution in [0.15, 0.2) is 0 Å². The minimum absolute atomic E-state index is 0. The van der Waals surface area contributed by atoms with Crippen LogP contribution in [0.3, 0.4) is 0 Å². The first-order valence-corrected chi connectivity index (χ1v) is 1.01. The van der Waals surface area contributed by atoms with Gasteiger partial charge in [-0.15, -0.1) is 0 Å². The molecular formula is C2H3NNiO2. The number of hydrogen-bond acceptors (Lipinski definition) is 2. The van der Waals surface area contributed by atoms with Gasteiger partial charge in [0.25, 0.3) is 0 Å². The van der Waals surface area contributed by atoms with E-state index in [1.807, 2.05) is 0 Å². The summed E-state index contributed by atoms with van der Waals surface area (Å²) in [6.07, 6.45) is 0.333. The van der Waals surface area contributed by atoms with Gasteiger partial charge >= 0.3 is 5.97 Å². The van der Waals surface area contributed by atoms with Crippen molar-refractivity contribution in [2.75, 3.05) is 0 Å². The summed E-state index contributed by atoms with van der Waals surface area (Å²) >= 11 is 0. The van der Waals surface area contributed by atoms with E-state index in [1.54, 1.807) is 0 Å². The van der Waals surface area contributed by atoms with Crippen molar-refractivity contribution >= 4 is 12.2 Å². The van der Waals surface area contributed by atoms with Gasteiger partial charge in [-0.2, -0.15) is 0 Å². The zero-order valence-corrected chi connectivity index (χ0v) is 3.74. The Morgan fingerprint density at radius 2 is 2.00 bits per heavy atom. The van der Waals surface area contributed by atoms with Gasteiger partial charge in [0.2, 0.25) is 0 Å². The molecule has 0 aliphatic rings. The average Bonchev–Trinajstić information content (AvgIpc) is 1.38. The quantitative estimate of drug-likeness (QED) is 0.380. The maximum absolute atomic E-state index is 9.12. The molecular weight excluding hydrogens is 129 g/mol. The van der Waals surface area contributed by atoms with Gasteiger partial charge in [0, 0.05) is 16.5 Å². The van der Waals surface area contributed by atoms with Crippen molar-refractivity contribution < 1.29 is 26.4 Å². The predicted octanol–water partition coefficient (Wildman–Crippen LogP) is -0.282. The molecule has 6 heavy (non-hydrogen) atoms. The van der Waals surface area contributed by atoms with Gasteiger partial charge in [0.1, 0.15) is 6.21 Å². The molecule has 0 aromatic rings. The van der Waals surface area contributed by atoms with Crippen molar-refractivity contribution in [2.24, 2.45) is 0 Å². The number of nitrogens with one attached hydrogen (secondary N) is 1. The maximum Gasteiger partial charge on any atom is 0.346 e. The maximum atomic E-state index is 9.12. The van der Waals surface area contributed by atoms with Crippen LogP contribution in [0.2, 0.25) is 0 Å². The van der Waals surface area contributed by atoms with E-state index in [0.717, 1.165) is 0 Å². The van der Waals surface area contributed by atoms with E-state index in [4.69, 9.17) is 15.3 Å². The van der Waals surface area contributed by atoms with Gasteiger partial charge in [0.05, 0.1) is 0 Å². The summed E-state index contributed by atoms with van der Waals surface area (Å²) in [6, 6.07) is 0. The number of carboxylic acids is 1. The van der Waals surface area contributed by atoms with E-state index < -0.39 is 5.97 Å². The van der Waals surface area contributed by atoms with Crippen molar-refractivity contribution in [3.63, 3.8) is 0 Å². The van der Waals surface area contributed by atoms with Crippen molar-refractivity contribution in [2.45, 2.75) is 0 Å². The average molecular weight is 132 g/mol. The van der Waals surface area contributed by atoms with Crippen molar-refractivity contribution in [3.05, 3.63) is 0 Å². The number of aliphatic carboxylic acids is 1. The SMILES string of the molecule is N=CC(=O)O.[Ni]. The minimum Gasteiger partial charge on any atom is -0.477 e. The molecule has 0 spiro atoms. The first-order chi connectivity index (χ1) is 2.27. The summed E-state index contributed by atoms with van der Waals surface area (Å²) in [6.45, 7) is 0. The van der Waals surface area contributed by atoms with E-state index in [-0.39, 0.29) is 16.5 Å². The summed E-state index contributed by atoms with van der Waals surface area (Å²) in [5.41, 5.74) is 0. The molecule has 0 unspecified atom stereocenters. The fourth-order valence-corrected chi connectivity index (χ4v) is 0. The fourth-order valence-electron chi connectivity index (χ4n) is 0. The molecule has 0 fully saturated rings. The Hall–Kier alpha value is -0.366. The molecule has 0 aromatic carbocycles. The molecule has 0 aliphatic carbocycles. The molecule has 38 valence electrons. The second kappa shape index (κ2) is 4.63. The fraction of sp³-hybridized carbons (Fsp3) is 0. The minimum atomic E-state index is -1.20. The molecule has 0 rings (SSSR count). The molecule has 0 saturated carbocycles. The van der Waals surface area contributed by atoms with Crippen molar-refractivity contribution in [1.82, 2.24) is 0 Å². The monoisotopic (exact) mass is 131 g/mol. The van der Waals surface area contributed by atoms with Crippen LogP contribution in [0.5, 0.6) is 0 Å². The smallest absolute Gasteiger partial charge is 0.346 e. The molecule has 0 aliphatic heterocycles. The van der Waals surface area contributed by atoms with E-state index in [0.29, 0.717) is 6.21 Å². The summed E-state index contributed by atoms with van der Waals surface area (Å²) in [5.74, 6) is -1.20. The van der Waals surface area contributed by atoms with Gasteiger partial charge in [-0.05, 0) is 0 Å². The zero-order chi connectivity index (χ0) is 4.28. The summed E-state index contributed by atoms with van der Waals surface area (Å²) in [7, 11) is 0. The Morgan fingerprint density at radius 1 is 1.83 bits per heavy atom. The Balaban J connectivity index is 0. The molecule has 0 bridgehead atoms. The molecule has 0 aromatic heterocycles. The number of rotatable bonds is 1. The van der Waals surface area contributed by atoms with Crippen LogP contribution in [0, 0.1) is 5.41 Å². The normalized spacial score (nSPS) is 5.33. The van der Waals surface area contributed by atoms with Crippen LogP contribution in [-0.4, -0.2) is 17.3 Å². The van der Waals surface area contributed by atoms with Gasteiger partial charge < -0.3 is 10.5 Å². The zero-order valence-electron chi connectivity index (χ0n) is 2.75. The Labute approximate surface area is 44.8 Å². The molecule has 0 saturated heterocycles. The Bertz CT molecular complexity index is 62.6. The third-order valence-electron chi connectivity index (χ3n) is 0.123. The second-order valence-corrected chi connectivity index (χ2v) is 0.483. The van der Waals surface area contributed by atoms with E-state index in [1.165, 1.54) is 0 Å².